The summed E-state index contributed by atoms with van der Waals surface area (Å²) in [6.45, 7) is 3.63. The fourth-order valence-corrected chi connectivity index (χ4v) is 2.30. The van der Waals surface area contributed by atoms with E-state index in [1.807, 2.05) is 12.1 Å². The molecule has 2 heterocycles. The van der Waals surface area contributed by atoms with Gasteiger partial charge in [0.05, 0.1) is 5.92 Å². The molecular formula is C15H18N4O3. The van der Waals surface area contributed by atoms with Crippen molar-refractivity contribution in [2.75, 3.05) is 18.4 Å². The van der Waals surface area contributed by atoms with E-state index >= 15 is 0 Å². The minimum Gasteiger partial charge on any atom is -0.484 e. The van der Waals surface area contributed by atoms with Gasteiger partial charge in [0, 0.05) is 12.2 Å². The first-order valence-electron chi connectivity index (χ1n) is 7.24. The van der Waals surface area contributed by atoms with Crippen LogP contribution in [0.5, 0.6) is 5.75 Å². The van der Waals surface area contributed by atoms with Gasteiger partial charge >= 0.3 is 0 Å². The Morgan fingerprint density at radius 3 is 2.91 bits per heavy atom. The number of hydrogen-bond acceptors (Lipinski definition) is 6. The number of benzene rings is 1. The van der Waals surface area contributed by atoms with Gasteiger partial charge in [0.1, 0.15) is 5.75 Å². The third-order valence-corrected chi connectivity index (χ3v) is 3.48. The number of nitrogens with one attached hydrogen (secondary N) is 2. The van der Waals surface area contributed by atoms with E-state index in [4.69, 9.17) is 9.26 Å². The van der Waals surface area contributed by atoms with Gasteiger partial charge in [0.2, 0.25) is 5.91 Å². The van der Waals surface area contributed by atoms with Crippen LogP contribution >= 0.6 is 0 Å². The highest BCUT2D eigenvalue weighted by Crippen LogP contribution is 2.18. The number of carbonyl (C=O) groups is 1. The van der Waals surface area contributed by atoms with Crippen molar-refractivity contribution >= 4 is 11.6 Å². The molecule has 1 amide bonds. The average Bonchev–Trinajstić information content (AvgIpc) is 3.18. The van der Waals surface area contributed by atoms with E-state index in [-0.39, 0.29) is 18.4 Å². The molecule has 0 radical (unpaired) electrons. The predicted molar refractivity (Wildman–Crippen MR) is 79.4 cm³/mol. The molecule has 0 aliphatic carbocycles. The van der Waals surface area contributed by atoms with Crippen molar-refractivity contribution < 1.29 is 14.1 Å². The third-order valence-electron chi connectivity index (χ3n) is 3.48. The third kappa shape index (κ3) is 3.62. The molecule has 0 spiro atoms. The van der Waals surface area contributed by atoms with Crippen molar-refractivity contribution in [3.63, 3.8) is 0 Å². The number of aromatic nitrogens is 2. The van der Waals surface area contributed by atoms with Gasteiger partial charge in [-0.1, -0.05) is 5.16 Å². The molecule has 0 unspecified atom stereocenters. The van der Waals surface area contributed by atoms with E-state index in [9.17, 15) is 4.79 Å². The summed E-state index contributed by atoms with van der Waals surface area (Å²) < 4.78 is 10.5. The normalized spacial score (nSPS) is 17.4. The molecular weight excluding hydrogens is 284 g/mol. The molecule has 1 aromatic carbocycles. The summed E-state index contributed by atoms with van der Waals surface area (Å²) in [6.07, 6.45) is 0.886. The molecule has 2 N–H and O–H groups in total. The van der Waals surface area contributed by atoms with E-state index in [1.165, 1.54) is 0 Å². The first-order valence-corrected chi connectivity index (χ1v) is 7.24. The minimum atomic E-state index is 0.0525. The van der Waals surface area contributed by atoms with Gasteiger partial charge in [0.25, 0.3) is 5.89 Å². The van der Waals surface area contributed by atoms with Gasteiger partial charge in [0.15, 0.2) is 12.4 Å². The molecule has 7 heteroatoms. The Hall–Kier alpha value is -2.41. The second-order valence-corrected chi connectivity index (χ2v) is 5.23. The molecule has 1 aliphatic heterocycles. The predicted octanol–water partition coefficient (Wildman–Crippen LogP) is 1.51. The number of rotatable bonds is 5. The fourth-order valence-electron chi connectivity index (χ4n) is 2.30. The van der Waals surface area contributed by atoms with Gasteiger partial charge in [-0.05, 0) is 44.2 Å². The Morgan fingerprint density at radius 2 is 2.27 bits per heavy atom. The van der Waals surface area contributed by atoms with E-state index in [2.05, 4.69) is 20.8 Å². The molecule has 0 bridgehead atoms. The molecule has 22 heavy (non-hydrogen) atoms. The van der Waals surface area contributed by atoms with Crippen LogP contribution in [0.3, 0.4) is 0 Å². The molecule has 116 valence electrons. The van der Waals surface area contributed by atoms with Crippen molar-refractivity contribution in [3.05, 3.63) is 36.0 Å². The monoisotopic (exact) mass is 302 g/mol. The van der Waals surface area contributed by atoms with Crippen LogP contribution in [0, 0.1) is 12.8 Å². The van der Waals surface area contributed by atoms with Crippen molar-refractivity contribution in [3.8, 4) is 5.75 Å². The van der Waals surface area contributed by atoms with Crippen LogP contribution in [0.25, 0.3) is 0 Å². The largest absolute Gasteiger partial charge is 0.484 e. The number of aryl methyl sites for hydroxylation is 1. The summed E-state index contributed by atoms with van der Waals surface area (Å²) in [5.74, 6) is 1.80. The number of ether oxygens (including phenoxy) is 1. The van der Waals surface area contributed by atoms with Crippen molar-refractivity contribution in [1.82, 2.24) is 15.5 Å². The van der Waals surface area contributed by atoms with Crippen molar-refractivity contribution in [2.45, 2.75) is 20.0 Å². The van der Waals surface area contributed by atoms with E-state index in [0.29, 0.717) is 17.5 Å². The maximum Gasteiger partial charge on any atom is 0.264 e. The molecule has 7 nitrogen and oxygen atoms in total. The summed E-state index contributed by atoms with van der Waals surface area (Å²) in [5.41, 5.74) is 0.762. The number of anilines is 1. The van der Waals surface area contributed by atoms with Gasteiger partial charge in [-0.3, -0.25) is 4.79 Å². The van der Waals surface area contributed by atoms with Crippen LogP contribution in [0.4, 0.5) is 5.69 Å². The molecule has 3 rings (SSSR count). The SMILES string of the molecule is Cc1noc(COc2ccc(NC(=O)[C@H]3CCNC3)cc2)n1. The zero-order valence-electron chi connectivity index (χ0n) is 12.3. The summed E-state index contributed by atoms with van der Waals surface area (Å²) >= 11 is 0. The lowest BCUT2D eigenvalue weighted by Gasteiger charge is -2.10. The second kappa shape index (κ2) is 6.57. The van der Waals surface area contributed by atoms with E-state index < -0.39 is 0 Å². The quantitative estimate of drug-likeness (QED) is 0.870. The first-order chi connectivity index (χ1) is 10.7. The van der Waals surface area contributed by atoms with Crippen LogP contribution in [0.2, 0.25) is 0 Å². The van der Waals surface area contributed by atoms with Crippen LogP contribution in [-0.4, -0.2) is 29.1 Å². The standard InChI is InChI=1S/C15H18N4O3/c1-10-17-14(22-19-10)9-21-13-4-2-12(3-5-13)18-15(20)11-6-7-16-8-11/h2-5,11,16H,6-9H2,1H3,(H,18,20)/t11-/m0/s1. The van der Waals surface area contributed by atoms with Gasteiger partial charge in [-0.25, -0.2) is 0 Å². The fraction of sp³-hybridized carbons (Fsp3) is 0.400. The number of amides is 1. The topological polar surface area (TPSA) is 89.3 Å². The number of hydrogen-bond donors (Lipinski definition) is 2. The van der Waals surface area contributed by atoms with Crippen LogP contribution in [-0.2, 0) is 11.4 Å². The highest BCUT2D eigenvalue weighted by atomic mass is 16.5. The Bertz CT molecular complexity index is 632. The Morgan fingerprint density at radius 1 is 1.45 bits per heavy atom. The number of nitrogens with zero attached hydrogens (tertiary/aromatic N) is 2. The molecule has 1 atom stereocenters. The van der Waals surface area contributed by atoms with Gasteiger partial charge < -0.3 is 19.9 Å². The first kappa shape index (κ1) is 14.5. The lowest BCUT2D eigenvalue weighted by molar-refractivity contribution is -0.119. The average molecular weight is 302 g/mol. The molecule has 1 saturated heterocycles. The van der Waals surface area contributed by atoms with E-state index in [1.54, 1.807) is 19.1 Å². The lowest BCUT2D eigenvalue weighted by Crippen LogP contribution is -2.24. The van der Waals surface area contributed by atoms with Crippen LogP contribution < -0.4 is 15.4 Å². The molecule has 1 aromatic heterocycles. The zero-order chi connectivity index (χ0) is 15.4. The smallest absolute Gasteiger partial charge is 0.264 e. The lowest BCUT2D eigenvalue weighted by atomic mass is 10.1. The van der Waals surface area contributed by atoms with Crippen LogP contribution in [0.1, 0.15) is 18.1 Å². The Balaban J connectivity index is 1.52. The summed E-state index contributed by atoms with van der Waals surface area (Å²) in [7, 11) is 0. The summed E-state index contributed by atoms with van der Waals surface area (Å²) in [6, 6.07) is 7.22. The van der Waals surface area contributed by atoms with Crippen molar-refractivity contribution in [1.29, 1.82) is 0 Å². The molecule has 1 fully saturated rings. The minimum absolute atomic E-state index is 0.0525. The molecule has 1 aliphatic rings. The maximum absolute atomic E-state index is 12.0. The Labute approximate surface area is 128 Å². The van der Waals surface area contributed by atoms with Gasteiger partial charge in [-0.15, -0.1) is 0 Å². The maximum atomic E-state index is 12.0. The molecule has 2 aromatic rings. The molecule has 0 saturated carbocycles. The van der Waals surface area contributed by atoms with E-state index in [0.717, 1.165) is 25.2 Å². The summed E-state index contributed by atoms with van der Waals surface area (Å²) in [4.78, 5) is 16.1. The highest BCUT2D eigenvalue weighted by molar-refractivity contribution is 5.92. The summed E-state index contributed by atoms with van der Waals surface area (Å²) in [5, 5.41) is 9.79. The number of carbonyl (C=O) groups excluding carboxylic acids is 1. The second-order valence-electron chi connectivity index (χ2n) is 5.23. The van der Waals surface area contributed by atoms with Crippen molar-refractivity contribution in [2.24, 2.45) is 5.92 Å². The highest BCUT2D eigenvalue weighted by Gasteiger charge is 2.22. The Kier molecular flexibility index (Phi) is 4.34. The van der Waals surface area contributed by atoms with Gasteiger partial charge in [-0.2, -0.15) is 4.98 Å². The zero-order valence-corrected chi connectivity index (χ0v) is 12.3. The van der Waals surface area contributed by atoms with Crippen LogP contribution in [0.15, 0.2) is 28.8 Å².